The van der Waals surface area contributed by atoms with Gasteiger partial charge in [-0.05, 0) is 18.6 Å². The van der Waals surface area contributed by atoms with Crippen molar-refractivity contribution in [3.05, 3.63) is 32.8 Å². The third-order valence-corrected chi connectivity index (χ3v) is 3.39. The molecule has 1 aromatic rings. The maximum absolute atomic E-state index is 10.7. The Morgan fingerprint density at radius 3 is 3.00 bits per heavy atom. The second-order valence-corrected chi connectivity index (χ2v) is 4.27. The summed E-state index contributed by atoms with van der Waals surface area (Å²) in [5.74, 6) is 0.913. The lowest BCUT2D eigenvalue weighted by Crippen LogP contribution is -1.95. The highest BCUT2D eigenvalue weighted by atomic mass is 35.5. The number of fused-ring (bicyclic) bond motifs is 1. The van der Waals surface area contributed by atoms with Crippen molar-refractivity contribution < 1.29 is 4.92 Å². The monoisotopic (exact) mass is 215 g/mol. The van der Waals surface area contributed by atoms with Crippen molar-refractivity contribution in [2.75, 3.05) is 5.75 Å². The van der Waals surface area contributed by atoms with E-state index in [1.54, 1.807) is 17.8 Å². The topological polar surface area (TPSA) is 43.1 Å². The summed E-state index contributed by atoms with van der Waals surface area (Å²) >= 11 is 7.40. The van der Waals surface area contributed by atoms with E-state index in [2.05, 4.69) is 0 Å². The molecular formula is C8H6ClNO2S. The van der Waals surface area contributed by atoms with Crippen LogP contribution in [0.4, 0.5) is 5.69 Å². The number of hydrogen-bond donors (Lipinski definition) is 0. The molecule has 3 nitrogen and oxygen atoms in total. The Morgan fingerprint density at radius 1 is 1.54 bits per heavy atom. The molecule has 13 heavy (non-hydrogen) atoms. The predicted molar refractivity (Wildman–Crippen MR) is 52.5 cm³/mol. The van der Waals surface area contributed by atoms with Gasteiger partial charge in [0.1, 0.15) is 5.02 Å². The van der Waals surface area contributed by atoms with Gasteiger partial charge in [-0.1, -0.05) is 11.6 Å². The van der Waals surface area contributed by atoms with Crippen LogP contribution < -0.4 is 0 Å². The lowest BCUT2D eigenvalue weighted by atomic mass is 10.1. The summed E-state index contributed by atoms with van der Waals surface area (Å²) in [5, 5.41) is 10.9. The number of thioether (sulfide) groups is 1. The quantitative estimate of drug-likeness (QED) is 0.535. The predicted octanol–water partition coefficient (Wildman–Crippen LogP) is 2.90. The average molecular weight is 216 g/mol. The zero-order valence-corrected chi connectivity index (χ0v) is 8.19. The zero-order chi connectivity index (χ0) is 9.42. The Morgan fingerprint density at radius 2 is 2.31 bits per heavy atom. The third kappa shape index (κ3) is 1.40. The SMILES string of the molecule is O=[N+]([O-])c1c(Cl)ccc2c1CCS2. The van der Waals surface area contributed by atoms with Crippen LogP contribution in [0.2, 0.25) is 5.02 Å². The molecule has 1 aliphatic rings. The van der Waals surface area contributed by atoms with Gasteiger partial charge in [-0.2, -0.15) is 0 Å². The molecule has 68 valence electrons. The van der Waals surface area contributed by atoms with Crippen LogP contribution in [0.5, 0.6) is 0 Å². The van der Waals surface area contributed by atoms with E-state index in [0.29, 0.717) is 0 Å². The molecule has 0 saturated heterocycles. The van der Waals surface area contributed by atoms with Gasteiger partial charge in [0.05, 0.1) is 4.92 Å². The van der Waals surface area contributed by atoms with Crippen molar-refractivity contribution in [3.63, 3.8) is 0 Å². The number of rotatable bonds is 1. The fraction of sp³-hybridized carbons (Fsp3) is 0.250. The molecule has 0 aromatic heterocycles. The summed E-state index contributed by atoms with van der Waals surface area (Å²) in [4.78, 5) is 11.3. The first kappa shape index (κ1) is 8.84. The Hall–Kier alpha value is -0.740. The largest absolute Gasteiger partial charge is 0.292 e. The second-order valence-electron chi connectivity index (χ2n) is 2.73. The van der Waals surface area contributed by atoms with Crippen LogP contribution in [0.15, 0.2) is 17.0 Å². The van der Waals surface area contributed by atoms with Gasteiger partial charge in [0.2, 0.25) is 0 Å². The van der Waals surface area contributed by atoms with Crippen LogP contribution in [0, 0.1) is 10.1 Å². The van der Waals surface area contributed by atoms with Crippen molar-refractivity contribution >= 4 is 29.1 Å². The van der Waals surface area contributed by atoms with E-state index < -0.39 is 4.92 Å². The Labute approximate surface area is 84.2 Å². The number of hydrogen-bond acceptors (Lipinski definition) is 3. The van der Waals surface area contributed by atoms with E-state index >= 15 is 0 Å². The molecule has 0 atom stereocenters. The van der Waals surface area contributed by atoms with E-state index in [9.17, 15) is 10.1 Å². The molecule has 0 saturated carbocycles. The molecule has 0 aliphatic carbocycles. The van der Waals surface area contributed by atoms with E-state index in [1.165, 1.54) is 0 Å². The molecule has 0 amide bonds. The lowest BCUT2D eigenvalue weighted by molar-refractivity contribution is -0.385. The first-order valence-electron chi connectivity index (χ1n) is 3.78. The van der Waals surface area contributed by atoms with Crippen molar-refractivity contribution in [2.45, 2.75) is 11.3 Å². The van der Waals surface area contributed by atoms with Crippen LogP contribution in [0.25, 0.3) is 0 Å². The van der Waals surface area contributed by atoms with Crippen molar-refractivity contribution in [1.29, 1.82) is 0 Å². The first-order chi connectivity index (χ1) is 6.20. The highest BCUT2D eigenvalue weighted by Crippen LogP contribution is 2.40. The molecular weight excluding hydrogens is 210 g/mol. The first-order valence-corrected chi connectivity index (χ1v) is 5.15. The van der Waals surface area contributed by atoms with Crippen molar-refractivity contribution in [2.24, 2.45) is 0 Å². The van der Waals surface area contributed by atoms with Gasteiger partial charge < -0.3 is 0 Å². The average Bonchev–Trinajstić information content (AvgIpc) is 2.50. The van der Waals surface area contributed by atoms with Gasteiger partial charge in [0.15, 0.2) is 0 Å². The lowest BCUT2D eigenvalue weighted by Gasteiger charge is -2.00. The molecule has 0 bridgehead atoms. The van der Waals surface area contributed by atoms with Gasteiger partial charge in [0.25, 0.3) is 5.69 Å². The number of nitro benzene ring substituents is 1. The maximum atomic E-state index is 10.7. The highest BCUT2D eigenvalue weighted by Gasteiger charge is 2.25. The molecule has 0 unspecified atom stereocenters. The molecule has 1 aliphatic heterocycles. The van der Waals surface area contributed by atoms with Crippen LogP contribution in [0.1, 0.15) is 5.56 Å². The summed E-state index contributed by atoms with van der Waals surface area (Å²) < 4.78 is 0. The molecule has 5 heteroatoms. The Kier molecular flexibility index (Phi) is 2.17. The number of benzene rings is 1. The van der Waals surface area contributed by atoms with Gasteiger partial charge >= 0.3 is 0 Å². The minimum atomic E-state index is -0.396. The van der Waals surface area contributed by atoms with Crippen LogP contribution in [-0.2, 0) is 6.42 Å². The second kappa shape index (κ2) is 3.20. The molecule has 1 heterocycles. The fourth-order valence-electron chi connectivity index (χ4n) is 1.43. The third-order valence-electron chi connectivity index (χ3n) is 1.98. The number of halogens is 1. The highest BCUT2D eigenvalue weighted by molar-refractivity contribution is 7.99. The standard InChI is InChI=1S/C8H6ClNO2S/c9-6-1-2-7-5(3-4-13-7)8(6)10(11)12/h1-2H,3-4H2. The normalized spacial score (nSPS) is 14.2. The minimum absolute atomic E-state index is 0.0872. The Balaban J connectivity index is 2.65. The van der Waals surface area contributed by atoms with Crippen LogP contribution >= 0.6 is 23.4 Å². The molecule has 0 radical (unpaired) electrons. The van der Waals surface area contributed by atoms with Gasteiger partial charge in [-0.3, -0.25) is 10.1 Å². The fourth-order valence-corrected chi connectivity index (χ4v) is 2.74. The number of nitro groups is 1. The van der Waals surface area contributed by atoms with Crippen molar-refractivity contribution in [3.8, 4) is 0 Å². The summed E-state index contributed by atoms with van der Waals surface area (Å²) in [7, 11) is 0. The number of nitrogens with zero attached hydrogens (tertiary/aromatic N) is 1. The summed E-state index contributed by atoms with van der Waals surface area (Å²) in [6.45, 7) is 0. The van der Waals surface area contributed by atoms with Gasteiger partial charge in [0, 0.05) is 16.2 Å². The van der Waals surface area contributed by atoms with Crippen LogP contribution in [0.3, 0.4) is 0 Å². The van der Waals surface area contributed by atoms with Gasteiger partial charge in [-0.25, -0.2) is 0 Å². The summed E-state index contributed by atoms with van der Waals surface area (Å²) in [6, 6.07) is 3.44. The van der Waals surface area contributed by atoms with Gasteiger partial charge in [-0.15, -0.1) is 11.8 Å². The van der Waals surface area contributed by atoms with E-state index in [-0.39, 0.29) is 10.7 Å². The molecule has 1 aromatic carbocycles. The van der Waals surface area contributed by atoms with E-state index in [4.69, 9.17) is 11.6 Å². The van der Waals surface area contributed by atoms with Crippen molar-refractivity contribution in [1.82, 2.24) is 0 Å². The van der Waals surface area contributed by atoms with Crippen LogP contribution in [-0.4, -0.2) is 10.7 Å². The molecule has 0 N–H and O–H groups in total. The maximum Gasteiger partial charge on any atom is 0.292 e. The summed E-state index contributed by atoms with van der Waals surface area (Å²) in [5.41, 5.74) is 0.881. The smallest absolute Gasteiger partial charge is 0.258 e. The Bertz CT molecular complexity index is 381. The molecule has 0 spiro atoms. The van der Waals surface area contributed by atoms with E-state index in [1.807, 2.05) is 6.07 Å². The zero-order valence-electron chi connectivity index (χ0n) is 6.62. The minimum Gasteiger partial charge on any atom is -0.258 e. The molecule has 2 rings (SSSR count). The van der Waals surface area contributed by atoms with E-state index in [0.717, 1.165) is 22.6 Å². The molecule has 0 fully saturated rings. The summed E-state index contributed by atoms with van der Waals surface area (Å²) in [6.07, 6.45) is 0.747.